The number of urea groups is 1. The number of amides is 4. The molecule has 2 fully saturated rings. The lowest BCUT2D eigenvalue weighted by Gasteiger charge is -2.54. The van der Waals surface area contributed by atoms with E-state index in [4.69, 9.17) is 4.98 Å². The van der Waals surface area contributed by atoms with E-state index < -0.39 is 29.3 Å². The molecule has 1 saturated carbocycles. The third-order valence-corrected chi connectivity index (χ3v) is 8.98. The number of carbonyl (C=O) groups is 3. The molecule has 0 radical (unpaired) electrons. The average Bonchev–Trinajstić information content (AvgIpc) is 2.93. The van der Waals surface area contributed by atoms with Gasteiger partial charge in [0.1, 0.15) is 11.5 Å². The zero-order valence-electron chi connectivity index (χ0n) is 21.3. The summed E-state index contributed by atoms with van der Waals surface area (Å²) in [4.78, 5) is 63.9. The second-order valence-electron chi connectivity index (χ2n) is 11.0. The summed E-state index contributed by atoms with van der Waals surface area (Å²) in [5, 5.41) is 2.55. The third kappa shape index (κ3) is 3.01. The number of barbiturate groups is 1. The van der Waals surface area contributed by atoms with Gasteiger partial charge in [0.05, 0.1) is 11.6 Å². The van der Waals surface area contributed by atoms with Gasteiger partial charge in [-0.25, -0.2) is 9.78 Å². The van der Waals surface area contributed by atoms with Crippen LogP contribution in [0.25, 0.3) is 5.65 Å². The largest absolute Gasteiger partial charge is 0.347 e. The number of imide groups is 2. The SMILES string of the molecule is Cc1cccn2c(=O)c3c(nc12)N1CCc2ccccc2C1C1(C3)C(=O)NC(=O)N(C2CCCCC2)C1=O. The van der Waals surface area contributed by atoms with Crippen molar-refractivity contribution in [2.75, 3.05) is 11.4 Å². The maximum atomic E-state index is 14.6. The van der Waals surface area contributed by atoms with E-state index in [2.05, 4.69) is 5.32 Å². The number of aromatic nitrogens is 2. The van der Waals surface area contributed by atoms with Crippen LogP contribution in [0.15, 0.2) is 47.4 Å². The molecule has 3 aromatic rings. The standard InChI is InChI=1S/C29H29N5O4/c1-17-8-7-14-33-23(17)30-24-21(25(33)35)16-29(22-20-12-6-5-9-18(20)13-15-32(22)24)26(36)31-28(38)34(27(29)37)19-10-3-2-4-11-19/h5-9,12,14,19,22H,2-4,10-11,13,15-16H2,1H3,(H,31,36,38). The number of rotatable bonds is 1. The van der Waals surface area contributed by atoms with E-state index >= 15 is 0 Å². The fourth-order valence-electron chi connectivity index (χ4n) is 7.16. The Bertz CT molecular complexity index is 1590. The third-order valence-electron chi connectivity index (χ3n) is 8.98. The molecule has 7 rings (SSSR count). The van der Waals surface area contributed by atoms with Gasteiger partial charge in [-0.3, -0.25) is 29.0 Å². The molecule has 4 amide bonds. The average molecular weight is 512 g/mol. The number of benzene rings is 1. The molecule has 0 bridgehead atoms. The normalized spacial score (nSPS) is 25.3. The molecule has 9 heteroatoms. The summed E-state index contributed by atoms with van der Waals surface area (Å²) >= 11 is 0. The van der Waals surface area contributed by atoms with Crippen LogP contribution < -0.4 is 15.8 Å². The van der Waals surface area contributed by atoms with E-state index in [-0.39, 0.29) is 18.0 Å². The number of carbonyl (C=O) groups excluding carboxylic acids is 3. The number of nitrogens with zero attached hydrogens (tertiary/aromatic N) is 4. The van der Waals surface area contributed by atoms with Crippen LogP contribution in [-0.2, 0) is 22.4 Å². The van der Waals surface area contributed by atoms with Gasteiger partial charge in [0.2, 0.25) is 11.8 Å². The van der Waals surface area contributed by atoms with Crippen molar-refractivity contribution in [3.63, 3.8) is 0 Å². The minimum atomic E-state index is -1.66. The lowest BCUT2D eigenvalue weighted by atomic mass is 9.65. The van der Waals surface area contributed by atoms with E-state index in [9.17, 15) is 19.2 Å². The van der Waals surface area contributed by atoms with E-state index in [1.165, 1.54) is 9.30 Å². The highest BCUT2D eigenvalue weighted by Crippen LogP contribution is 2.53. The number of fused-ring (bicyclic) bond motifs is 7. The number of hydrogen-bond acceptors (Lipinski definition) is 6. The topological polar surface area (TPSA) is 104 Å². The number of hydrogen-bond donors (Lipinski definition) is 1. The summed E-state index contributed by atoms with van der Waals surface area (Å²) in [7, 11) is 0. The van der Waals surface area contributed by atoms with E-state index in [1.807, 2.05) is 42.2 Å². The van der Waals surface area contributed by atoms with Crippen molar-refractivity contribution < 1.29 is 14.4 Å². The van der Waals surface area contributed by atoms with Gasteiger partial charge in [0.25, 0.3) is 5.56 Å². The van der Waals surface area contributed by atoms with Crippen LogP contribution in [-0.4, -0.2) is 44.7 Å². The Morgan fingerprint density at radius 1 is 1.00 bits per heavy atom. The highest BCUT2D eigenvalue weighted by Gasteiger charge is 2.64. The first-order valence-corrected chi connectivity index (χ1v) is 13.5. The summed E-state index contributed by atoms with van der Waals surface area (Å²) in [5.74, 6) is -0.606. The summed E-state index contributed by atoms with van der Waals surface area (Å²) in [5.41, 5.74) is 1.75. The molecule has 2 aromatic heterocycles. The van der Waals surface area contributed by atoms with E-state index in [0.29, 0.717) is 30.0 Å². The molecule has 3 aliphatic heterocycles. The lowest BCUT2D eigenvalue weighted by Crippen LogP contribution is -2.71. The second kappa shape index (κ2) is 8.24. The predicted octanol–water partition coefficient (Wildman–Crippen LogP) is 3.06. The van der Waals surface area contributed by atoms with E-state index in [1.54, 1.807) is 12.3 Å². The van der Waals surface area contributed by atoms with Gasteiger partial charge in [-0.05, 0) is 48.9 Å². The van der Waals surface area contributed by atoms with Crippen LogP contribution in [0.3, 0.4) is 0 Å². The summed E-state index contributed by atoms with van der Waals surface area (Å²) in [6.45, 7) is 2.41. The van der Waals surface area contributed by atoms with Gasteiger partial charge in [-0.1, -0.05) is 49.6 Å². The van der Waals surface area contributed by atoms with Gasteiger partial charge in [-0.2, -0.15) is 0 Å². The number of pyridine rings is 1. The van der Waals surface area contributed by atoms with Crippen LogP contribution >= 0.6 is 0 Å². The van der Waals surface area contributed by atoms with Crippen LogP contribution in [0.4, 0.5) is 10.6 Å². The van der Waals surface area contributed by atoms with Crippen molar-refractivity contribution in [3.8, 4) is 0 Å². The van der Waals surface area contributed by atoms with Gasteiger partial charge in [0.15, 0.2) is 5.41 Å². The first-order chi connectivity index (χ1) is 18.4. The van der Waals surface area contributed by atoms with Crippen molar-refractivity contribution in [1.29, 1.82) is 0 Å². The molecule has 194 valence electrons. The maximum absolute atomic E-state index is 14.6. The zero-order chi connectivity index (χ0) is 26.2. The predicted molar refractivity (Wildman–Crippen MR) is 140 cm³/mol. The minimum absolute atomic E-state index is 0.109. The Kier molecular flexibility index (Phi) is 5.02. The van der Waals surface area contributed by atoms with Crippen LogP contribution in [0.5, 0.6) is 0 Å². The number of aryl methyl sites for hydroxylation is 1. The Balaban J connectivity index is 1.50. The molecular formula is C29H29N5O4. The van der Waals surface area contributed by atoms with Gasteiger partial charge < -0.3 is 4.90 Å². The summed E-state index contributed by atoms with van der Waals surface area (Å²) in [6.07, 6.45) is 6.62. The fraction of sp³-hybridized carbons (Fsp3) is 0.414. The van der Waals surface area contributed by atoms with Crippen LogP contribution in [0, 0.1) is 12.3 Å². The monoisotopic (exact) mass is 511 g/mol. The Labute approximate surface area is 219 Å². The first kappa shape index (κ1) is 23.1. The van der Waals surface area contributed by atoms with E-state index in [0.717, 1.165) is 48.8 Å². The molecule has 1 aromatic carbocycles. The Hall–Kier alpha value is -4.01. The smallest absolute Gasteiger partial charge is 0.331 e. The van der Waals surface area contributed by atoms with Gasteiger partial charge in [-0.15, -0.1) is 0 Å². The van der Waals surface area contributed by atoms with Gasteiger partial charge >= 0.3 is 6.03 Å². The molecule has 1 N–H and O–H groups in total. The summed E-state index contributed by atoms with van der Waals surface area (Å²) < 4.78 is 1.50. The summed E-state index contributed by atoms with van der Waals surface area (Å²) in [6, 6.07) is 9.97. The highest BCUT2D eigenvalue weighted by atomic mass is 16.2. The maximum Gasteiger partial charge on any atom is 0.331 e. The molecule has 1 aliphatic carbocycles. The first-order valence-electron chi connectivity index (χ1n) is 13.5. The quantitative estimate of drug-likeness (QED) is 0.504. The highest BCUT2D eigenvalue weighted by molar-refractivity contribution is 6.20. The van der Waals surface area contributed by atoms with Crippen molar-refractivity contribution in [3.05, 3.63) is 75.2 Å². The number of nitrogens with one attached hydrogen (secondary N) is 1. The molecular weight excluding hydrogens is 482 g/mol. The van der Waals surface area contributed by atoms with Crippen molar-refractivity contribution >= 4 is 29.3 Å². The second-order valence-corrected chi connectivity index (χ2v) is 11.0. The molecule has 5 heterocycles. The molecule has 2 atom stereocenters. The molecule has 1 saturated heterocycles. The van der Waals surface area contributed by atoms with Crippen molar-refractivity contribution in [2.24, 2.45) is 5.41 Å². The Morgan fingerprint density at radius 3 is 2.61 bits per heavy atom. The molecule has 4 aliphatic rings. The lowest BCUT2D eigenvalue weighted by molar-refractivity contribution is -0.156. The zero-order valence-corrected chi connectivity index (χ0v) is 21.3. The Morgan fingerprint density at radius 2 is 1.79 bits per heavy atom. The van der Waals surface area contributed by atoms with Gasteiger partial charge in [0, 0.05) is 25.2 Å². The molecule has 2 unspecified atom stereocenters. The van der Waals surface area contributed by atoms with Crippen molar-refractivity contribution in [2.45, 2.75) is 64.0 Å². The van der Waals surface area contributed by atoms with Crippen LogP contribution in [0.1, 0.15) is 60.4 Å². The minimum Gasteiger partial charge on any atom is -0.347 e. The van der Waals surface area contributed by atoms with Crippen molar-refractivity contribution in [1.82, 2.24) is 19.6 Å². The number of anilines is 1. The molecule has 38 heavy (non-hydrogen) atoms. The molecule has 9 nitrogen and oxygen atoms in total. The molecule has 1 spiro atoms. The fourth-order valence-corrected chi connectivity index (χ4v) is 7.16. The van der Waals surface area contributed by atoms with Crippen LogP contribution in [0.2, 0.25) is 0 Å².